The van der Waals surface area contributed by atoms with Gasteiger partial charge >= 0.3 is 0 Å². The summed E-state index contributed by atoms with van der Waals surface area (Å²) in [5.74, 6) is 2.65. The fraction of sp³-hybridized carbons (Fsp3) is 0.412. The third-order valence-electron chi connectivity index (χ3n) is 3.45. The minimum atomic E-state index is 0.822. The van der Waals surface area contributed by atoms with E-state index in [9.17, 15) is 0 Å². The lowest BCUT2D eigenvalue weighted by Crippen LogP contribution is -2.09. The van der Waals surface area contributed by atoms with Crippen LogP contribution in [0.5, 0.6) is 0 Å². The van der Waals surface area contributed by atoms with Gasteiger partial charge in [0.1, 0.15) is 17.5 Å². The van der Waals surface area contributed by atoms with Crippen LogP contribution in [0.4, 0.5) is 17.3 Å². The van der Waals surface area contributed by atoms with Gasteiger partial charge in [-0.25, -0.2) is 9.97 Å². The summed E-state index contributed by atoms with van der Waals surface area (Å²) >= 11 is 0. The molecule has 0 amide bonds. The molecule has 0 saturated heterocycles. The molecule has 0 aliphatic heterocycles. The molecule has 1 aromatic heterocycles. The summed E-state index contributed by atoms with van der Waals surface area (Å²) in [6, 6.07) is 8.45. The van der Waals surface area contributed by atoms with E-state index in [1.165, 1.54) is 5.56 Å². The van der Waals surface area contributed by atoms with Crippen LogP contribution in [0.1, 0.15) is 37.7 Å². The molecule has 112 valence electrons. The third-order valence-corrected chi connectivity index (χ3v) is 3.45. The van der Waals surface area contributed by atoms with E-state index in [4.69, 9.17) is 0 Å². The molecule has 21 heavy (non-hydrogen) atoms. The van der Waals surface area contributed by atoms with Crippen molar-refractivity contribution in [3.63, 3.8) is 0 Å². The maximum absolute atomic E-state index is 4.62. The number of benzene rings is 1. The van der Waals surface area contributed by atoms with Crippen LogP contribution in [0.25, 0.3) is 0 Å². The van der Waals surface area contributed by atoms with Crippen molar-refractivity contribution in [2.45, 2.75) is 40.5 Å². The summed E-state index contributed by atoms with van der Waals surface area (Å²) in [5.41, 5.74) is 3.44. The molecular formula is C17H24N4. The summed E-state index contributed by atoms with van der Waals surface area (Å²) in [5, 5.41) is 6.74. The molecule has 0 saturated carbocycles. The molecule has 0 radical (unpaired) electrons. The number of nitrogens with zero attached hydrogens (tertiary/aromatic N) is 2. The number of anilines is 3. The van der Waals surface area contributed by atoms with E-state index in [1.54, 1.807) is 0 Å². The summed E-state index contributed by atoms with van der Waals surface area (Å²) in [6.07, 6.45) is 1.85. The van der Waals surface area contributed by atoms with Crippen molar-refractivity contribution < 1.29 is 0 Å². The van der Waals surface area contributed by atoms with Gasteiger partial charge < -0.3 is 10.6 Å². The number of nitrogens with one attached hydrogen (secondary N) is 2. The molecule has 0 bridgehead atoms. The zero-order chi connectivity index (χ0) is 15.2. The topological polar surface area (TPSA) is 49.8 Å². The van der Waals surface area contributed by atoms with E-state index in [1.807, 2.05) is 6.92 Å². The van der Waals surface area contributed by atoms with E-state index in [0.29, 0.717) is 0 Å². The Hall–Kier alpha value is -2.10. The van der Waals surface area contributed by atoms with E-state index < -0.39 is 0 Å². The Morgan fingerprint density at radius 3 is 2.43 bits per heavy atom. The van der Waals surface area contributed by atoms with Gasteiger partial charge in [0.05, 0.1) is 0 Å². The predicted octanol–water partition coefficient (Wildman–Crippen LogP) is 4.09. The first-order valence-electron chi connectivity index (χ1n) is 7.65. The van der Waals surface area contributed by atoms with Crippen LogP contribution < -0.4 is 10.6 Å². The quantitative estimate of drug-likeness (QED) is 0.839. The molecule has 2 aromatic rings. The zero-order valence-electron chi connectivity index (χ0n) is 13.3. The van der Waals surface area contributed by atoms with Crippen molar-refractivity contribution in [1.82, 2.24) is 9.97 Å². The Morgan fingerprint density at radius 2 is 1.76 bits per heavy atom. The van der Waals surface area contributed by atoms with Crippen LogP contribution in [0.2, 0.25) is 0 Å². The molecular weight excluding hydrogens is 260 g/mol. The standard InChI is InChI=1S/C17H24N4/c1-5-13-9-8-10-14(11-13)19-17-12(4)16(18-7-3)20-15(6-2)21-17/h8-11H,5-7H2,1-4H3,(H2,18,19,20,21). The van der Waals surface area contributed by atoms with Crippen LogP contribution in [0, 0.1) is 6.92 Å². The number of aromatic nitrogens is 2. The Bertz CT molecular complexity index is 608. The van der Waals surface area contributed by atoms with Gasteiger partial charge in [0, 0.05) is 24.2 Å². The van der Waals surface area contributed by atoms with Gasteiger partial charge in [-0.3, -0.25) is 0 Å². The van der Waals surface area contributed by atoms with Crippen molar-refractivity contribution in [3.8, 4) is 0 Å². The molecule has 0 aliphatic rings. The Balaban J connectivity index is 2.35. The molecule has 4 nitrogen and oxygen atoms in total. The molecule has 0 unspecified atom stereocenters. The molecule has 1 aromatic carbocycles. The molecule has 2 rings (SSSR count). The second-order valence-corrected chi connectivity index (χ2v) is 5.02. The maximum atomic E-state index is 4.62. The minimum Gasteiger partial charge on any atom is -0.370 e. The molecule has 0 aliphatic carbocycles. The zero-order valence-corrected chi connectivity index (χ0v) is 13.3. The Labute approximate surface area is 127 Å². The predicted molar refractivity (Wildman–Crippen MR) is 89.4 cm³/mol. The van der Waals surface area contributed by atoms with Crippen molar-refractivity contribution in [2.24, 2.45) is 0 Å². The van der Waals surface area contributed by atoms with E-state index in [0.717, 1.165) is 48.1 Å². The molecule has 4 heteroatoms. The molecule has 0 spiro atoms. The number of rotatable bonds is 6. The fourth-order valence-electron chi connectivity index (χ4n) is 2.19. The monoisotopic (exact) mass is 284 g/mol. The smallest absolute Gasteiger partial charge is 0.139 e. The highest BCUT2D eigenvalue weighted by Crippen LogP contribution is 2.24. The Kier molecular flexibility index (Phi) is 5.14. The lowest BCUT2D eigenvalue weighted by molar-refractivity contribution is 0.930. The highest BCUT2D eigenvalue weighted by molar-refractivity contribution is 5.65. The first kappa shape index (κ1) is 15.3. The van der Waals surface area contributed by atoms with Crippen molar-refractivity contribution in [3.05, 3.63) is 41.2 Å². The van der Waals surface area contributed by atoms with Crippen LogP contribution in [0.15, 0.2) is 24.3 Å². The average molecular weight is 284 g/mol. The lowest BCUT2D eigenvalue weighted by atomic mass is 10.1. The minimum absolute atomic E-state index is 0.822. The highest BCUT2D eigenvalue weighted by Gasteiger charge is 2.10. The van der Waals surface area contributed by atoms with Gasteiger partial charge in [0.25, 0.3) is 0 Å². The van der Waals surface area contributed by atoms with Gasteiger partial charge in [-0.1, -0.05) is 26.0 Å². The Morgan fingerprint density at radius 1 is 1.00 bits per heavy atom. The van der Waals surface area contributed by atoms with Gasteiger partial charge in [0.15, 0.2) is 0 Å². The first-order valence-corrected chi connectivity index (χ1v) is 7.65. The average Bonchev–Trinajstić information content (AvgIpc) is 2.51. The second kappa shape index (κ2) is 7.07. The van der Waals surface area contributed by atoms with Gasteiger partial charge in [-0.05, 0) is 38.0 Å². The van der Waals surface area contributed by atoms with E-state index in [2.05, 4.69) is 65.6 Å². The van der Waals surface area contributed by atoms with Gasteiger partial charge in [-0.2, -0.15) is 0 Å². The van der Waals surface area contributed by atoms with Crippen LogP contribution in [0.3, 0.4) is 0 Å². The summed E-state index contributed by atoms with van der Waals surface area (Å²) < 4.78 is 0. The molecule has 2 N–H and O–H groups in total. The second-order valence-electron chi connectivity index (χ2n) is 5.02. The SMILES string of the molecule is CCNc1nc(CC)nc(Nc2cccc(CC)c2)c1C. The fourth-order valence-corrected chi connectivity index (χ4v) is 2.19. The van der Waals surface area contributed by atoms with Gasteiger partial charge in [0.2, 0.25) is 0 Å². The number of hydrogen-bond acceptors (Lipinski definition) is 4. The van der Waals surface area contributed by atoms with Crippen molar-refractivity contribution >= 4 is 17.3 Å². The molecule has 0 atom stereocenters. The van der Waals surface area contributed by atoms with Crippen LogP contribution in [-0.2, 0) is 12.8 Å². The molecule has 0 fully saturated rings. The summed E-state index contributed by atoms with van der Waals surface area (Å²) in [6.45, 7) is 9.20. The largest absolute Gasteiger partial charge is 0.370 e. The van der Waals surface area contributed by atoms with Crippen LogP contribution >= 0.6 is 0 Å². The van der Waals surface area contributed by atoms with Crippen molar-refractivity contribution in [1.29, 1.82) is 0 Å². The number of aryl methyl sites for hydroxylation is 2. The summed E-state index contributed by atoms with van der Waals surface area (Å²) in [4.78, 5) is 9.18. The van der Waals surface area contributed by atoms with Gasteiger partial charge in [-0.15, -0.1) is 0 Å². The summed E-state index contributed by atoms with van der Waals surface area (Å²) in [7, 11) is 0. The highest BCUT2D eigenvalue weighted by atomic mass is 15.1. The molecule has 1 heterocycles. The van der Waals surface area contributed by atoms with Crippen molar-refractivity contribution in [2.75, 3.05) is 17.2 Å². The maximum Gasteiger partial charge on any atom is 0.139 e. The van der Waals surface area contributed by atoms with E-state index in [-0.39, 0.29) is 0 Å². The number of hydrogen-bond donors (Lipinski definition) is 2. The normalized spacial score (nSPS) is 10.5. The van der Waals surface area contributed by atoms with Crippen LogP contribution in [-0.4, -0.2) is 16.5 Å². The third kappa shape index (κ3) is 3.72. The lowest BCUT2D eigenvalue weighted by Gasteiger charge is -2.14. The first-order chi connectivity index (χ1) is 10.2. The van der Waals surface area contributed by atoms with E-state index >= 15 is 0 Å².